The fourth-order valence-corrected chi connectivity index (χ4v) is 5.39. The number of carbonyl (C=O) groups excluding carboxylic acids is 3. The lowest BCUT2D eigenvalue weighted by Gasteiger charge is -2.35. The predicted molar refractivity (Wildman–Crippen MR) is 134 cm³/mol. The molecule has 3 amide bonds. The van der Waals surface area contributed by atoms with E-state index in [1.165, 1.54) is 32.1 Å². The van der Waals surface area contributed by atoms with Gasteiger partial charge in [0, 0.05) is 38.5 Å². The van der Waals surface area contributed by atoms with Gasteiger partial charge in [-0.2, -0.15) is 0 Å². The monoisotopic (exact) mass is 461 g/mol. The third kappa shape index (κ3) is 5.26. The van der Waals surface area contributed by atoms with Crippen LogP contribution in [0.25, 0.3) is 10.8 Å². The van der Waals surface area contributed by atoms with Gasteiger partial charge in [-0.15, -0.1) is 0 Å². The average Bonchev–Trinajstić information content (AvgIpc) is 3.73. The van der Waals surface area contributed by atoms with E-state index in [2.05, 4.69) is 5.32 Å². The SMILES string of the molecule is O=C(Nc1cc2ccccc2cc1C(=O)N1CCN(C(=O)CCC2CCCCC2)CC1)C1CC1. The summed E-state index contributed by atoms with van der Waals surface area (Å²) in [6.07, 6.45) is 9.93. The van der Waals surface area contributed by atoms with Crippen molar-refractivity contribution in [2.45, 2.75) is 57.8 Å². The van der Waals surface area contributed by atoms with Crippen LogP contribution in [0.15, 0.2) is 36.4 Å². The van der Waals surface area contributed by atoms with Gasteiger partial charge in [0.1, 0.15) is 0 Å². The minimum absolute atomic E-state index is 0.00212. The molecule has 0 aromatic heterocycles. The van der Waals surface area contributed by atoms with Gasteiger partial charge in [-0.3, -0.25) is 14.4 Å². The van der Waals surface area contributed by atoms with Crippen molar-refractivity contribution < 1.29 is 14.4 Å². The fourth-order valence-electron chi connectivity index (χ4n) is 5.39. The molecule has 3 aliphatic rings. The highest BCUT2D eigenvalue weighted by molar-refractivity contribution is 6.08. The second kappa shape index (κ2) is 10.2. The maximum Gasteiger partial charge on any atom is 0.256 e. The predicted octanol–water partition coefficient (Wildman–Crippen LogP) is 4.83. The Kier molecular flexibility index (Phi) is 6.84. The summed E-state index contributed by atoms with van der Waals surface area (Å²) in [6, 6.07) is 11.7. The minimum atomic E-state index is -0.0776. The molecule has 1 aliphatic heterocycles. The minimum Gasteiger partial charge on any atom is -0.339 e. The summed E-state index contributed by atoms with van der Waals surface area (Å²) in [5, 5.41) is 4.99. The van der Waals surface area contributed by atoms with E-state index in [1.807, 2.05) is 46.2 Å². The second-order valence-corrected chi connectivity index (χ2v) is 10.2. The molecule has 0 spiro atoms. The molecule has 2 aliphatic carbocycles. The lowest BCUT2D eigenvalue weighted by molar-refractivity contribution is -0.133. The zero-order valence-electron chi connectivity index (χ0n) is 19.9. The maximum atomic E-state index is 13.5. The summed E-state index contributed by atoms with van der Waals surface area (Å²) in [6.45, 7) is 2.20. The molecule has 1 N–H and O–H groups in total. The molecule has 6 nitrogen and oxygen atoms in total. The quantitative estimate of drug-likeness (QED) is 0.670. The van der Waals surface area contributed by atoms with Gasteiger partial charge < -0.3 is 15.1 Å². The van der Waals surface area contributed by atoms with Crippen LogP contribution < -0.4 is 5.32 Å². The Hall–Kier alpha value is -2.89. The molecule has 0 radical (unpaired) electrons. The van der Waals surface area contributed by atoms with E-state index in [0.29, 0.717) is 49.8 Å². The van der Waals surface area contributed by atoms with Gasteiger partial charge in [0.05, 0.1) is 11.3 Å². The molecule has 1 saturated heterocycles. The van der Waals surface area contributed by atoms with Gasteiger partial charge in [0.2, 0.25) is 11.8 Å². The van der Waals surface area contributed by atoms with Crippen LogP contribution in [-0.2, 0) is 9.59 Å². The van der Waals surface area contributed by atoms with Gasteiger partial charge in [-0.05, 0) is 48.1 Å². The Morgan fingerprint density at radius 1 is 0.824 bits per heavy atom. The molecule has 2 aromatic rings. The molecule has 0 bridgehead atoms. The van der Waals surface area contributed by atoms with Gasteiger partial charge in [0.15, 0.2) is 0 Å². The normalized spacial score (nSPS) is 19.3. The summed E-state index contributed by atoms with van der Waals surface area (Å²) in [4.78, 5) is 42.5. The molecule has 3 fully saturated rings. The first-order valence-corrected chi connectivity index (χ1v) is 13.0. The molecule has 2 aromatic carbocycles. The number of nitrogens with one attached hydrogen (secondary N) is 1. The zero-order valence-corrected chi connectivity index (χ0v) is 19.9. The number of nitrogens with zero attached hydrogens (tertiary/aromatic N) is 2. The van der Waals surface area contributed by atoms with Crippen molar-refractivity contribution in [1.82, 2.24) is 9.80 Å². The highest BCUT2D eigenvalue weighted by Gasteiger charge is 2.31. The molecule has 34 heavy (non-hydrogen) atoms. The first-order valence-electron chi connectivity index (χ1n) is 13.0. The molecule has 2 saturated carbocycles. The maximum absolute atomic E-state index is 13.5. The number of amides is 3. The van der Waals surface area contributed by atoms with E-state index >= 15 is 0 Å². The molecule has 6 heteroatoms. The molecule has 0 atom stereocenters. The van der Waals surface area contributed by atoms with Crippen LogP contribution in [-0.4, -0.2) is 53.7 Å². The van der Waals surface area contributed by atoms with E-state index in [-0.39, 0.29) is 23.6 Å². The number of rotatable bonds is 6. The Labute approximate surface area is 201 Å². The Balaban J connectivity index is 1.23. The second-order valence-electron chi connectivity index (χ2n) is 10.2. The number of hydrogen-bond donors (Lipinski definition) is 1. The van der Waals surface area contributed by atoms with Gasteiger partial charge >= 0.3 is 0 Å². The number of fused-ring (bicyclic) bond motifs is 1. The van der Waals surface area contributed by atoms with Crippen molar-refractivity contribution in [2.75, 3.05) is 31.5 Å². The van der Waals surface area contributed by atoms with Crippen LogP contribution in [0, 0.1) is 11.8 Å². The zero-order chi connectivity index (χ0) is 23.5. The molecule has 0 unspecified atom stereocenters. The fraction of sp³-hybridized carbons (Fsp3) is 0.536. The largest absolute Gasteiger partial charge is 0.339 e. The topological polar surface area (TPSA) is 69.7 Å². The lowest BCUT2D eigenvalue weighted by atomic mass is 9.86. The van der Waals surface area contributed by atoms with Crippen molar-refractivity contribution in [1.29, 1.82) is 0 Å². The third-order valence-electron chi connectivity index (χ3n) is 7.73. The average molecular weight is 462 g/mol. The summed E-state index contributed by atoms with van der Waals surface area (Å²) < 4.78 is 0. The van der Waals surface area contributed by atoms with Gasteiger partial charge in [-0.25, -0.2) is 0 Å². The van der Waals surface area contributed by atoms with Gasteiger partial charge in [0.25, 0.3) is 5.91 Å². The molecular weight excluding hydrogens is 426 g/mol. The third-order valence-corrected chi connectivity index (χ3v) is 7.73. The van der Waals surface area contributed by atoms with E-state index in [9.17, 15) is 14.4 Å². The van der Waals surface area contributed by atoms with Crippen molar-refractivity contribution in [3.63, 3.8) is 0 Å². The number of anilines is 1. The van der Waals surface area contributed by atoms with Crippen LogP contribution in [0.5, 0.6) is 0 Å². The number of carbonyl (C=O) groups is 3. The highest BCUT2D eigenvalue weighted by Crippen LogP contribution is 2.32. The number of piperazine rings is 1. The molecular formula is C28H35N3O3. The molecule has 180 valence electrons. The standard InChI is InChI=1S/C28H35N3O3/c32-26(13-10-20-6-2-1-3-7-20)30-14-16-31(17-15-30)28(34)24-18-22-8-4-5-9-23(22)19-25(24)29-27(33)21-11-12-21/h4-5,8-9,18-21H,1-3,6-7,10-17H2,(H,29,33). The summed E-state index contributed by atoms with van der Waals surface area (Å²) in [7, 11) is 0. The number of benzene rings is 2. The van der Waals surface area contributed by atoms with E-state index < -0.39 is 0 Å². The first kappa shape index (κ1) is 22.9. The molecule has 1 heterocycles. The summed E-state index contributed by atoms with van der Waals surface area (Å²) >= 11 is 0. The number of hydrogen-bond acceptors (Lipinski definition) is 3. The van der Waals surface area contributed by atoms with Crippen LogP contribution in [0.3, 0.4) is 0 Å². The van der Waals surface area contributed by atoms with E-state index in [4.69, 9.17) is 0 Å². The van der Waals surface area contributed by atoms with Crippen molar-refractivity contribution in [2.24, 2.45) is 11.8 Å². The van der Waals surface area contributed by atoms with Crippen molar-refractivity contribution in [3.8, 4) is 0 Å². The van der Waals surface area contributed by atoms with Crippen molar-refractivity contribution in [3.05, 3.63) is 42.0 Å². The van der Waals surface area contributed by atoms with Gasteiger partial charge in [-0.1, -0.05) is 56.4 Å². The highest BCUT2D eigenvalue weighted by atomic mass is 16.2. The summed E-state index contributed by atoms with van der Waals surface area (Å²) in [5.74, 6) is 0.917. The van der Waals surface area contributed by atoms with Crippen LogP contribution in [0.4, 0.5) is 5.69 Å². The van der Waals surface area contributed by atoms with Crippen LogP contribution in [0.2, 0.25) is 0 Å². The smallest absolute Gasteiger partial charge is 0.256 e. The Morgan fingerprint density at radius 3 is 2.15 bits per heavy atom. The summed E-state index contributed by atoms with van der Waals surface area (Å²) in [5.41, 5.74) is 1.12. The van der Waals surface area contributed by atoms with Crippen LogP contribution >= 0.6 is 0 Å². The van der Waals surface area contributed by atoms with E-state index in [1.54, 1.807) is 0 Å². The Bertz CT molecular complexity index is 1060. The molecule has 5 rings (SSSR count). The first-order chi connectivity index (χ1) is 16.6. The van der Waals surface area contributed by atoms with E-state index in [0.717, 1.165) is 30.0 Å². The lowest BCUT2D eigenvalue weighted by Crippen LogP contribution is -2.50. The van der Waals surface area contributed by atoms with Crippen LogP contribution in [0.1, 0.15) is 68.1 Å². The Morgan fingerprint density at radius 2 is 1.47 bits per heavy atom. The van der Waals surface area contributed by atoms with Crippen molar-refractivity contribution >= 4 is 34.2 Å².